The second-order valence-corrected chi connectivity index (χ2v) is 7.09. The number of carbonyl (C=O) groups is 2. The van der Waals surface area contributed by atoms with E-state index < -0.39 is 12.0 Å². The summed E-state index contributed by atoms with van der Waals surface area (Å²) in [6.45, 7) is 5.78. The smallest absolute Gasteiger partial charge is 0.338 e. The van der Waals surface area contributed by atoms with E-state index in [1.165, 1.54) is 18.9 Å². The fourth-order valence-electron chi connectivity index (χ4n) is 3.02. The number of benzene rings is 1. The van der Waals surface area contributed by atoms with Crippen molar-refractivity contribution < 1.29 is 14.3 Å². The quantitative estimate of drug-likeness (QED) is 0.790. The van der Waals surface area contributed by atoms with Crippen LogP contribution in [0.15, 0.2) is 40.5 Å². The second-order valence-electron chi connectivity index (χ2n) is 5.92. The fourth-order valence-corrected chi connectivity index (χ4v) is 4.16. The average Bonchev–Trinajstić information content (AvgIpc) is 2.89. The van der Waals surface area contributed by atoms with Crippen LogP contribution in [0.25, 0.3) is 0 Å². The van der Waals surface area contributed by atoms with Gasteiger partial charge in [-0.05, 0) is 25.8 Å². The number of aliphatic imine (C=N–C) groups is 1. The van der Waals surface area contributed by atoms with Gasteiger partial charge >= 0.3 is 5.97 Å². The molecule has 0 spiro atoms. The number of thioether (sulfide) groups is 1. The molecule has 2 aliphatic heterocycles. The van der Waals surface area contributed by atoms with Gasteiger partial charge in [-0.2, -0.15) is 0 Å². The molecular formula is C18H20N2O3S. The van der Waals surface area contributed by atoms with E-state index in [4.69, 9.17) is 4.74 Å². The Hall–Kier alpha value is -2.08. The number of carbonyl (C=O) groups excluding carboxylic acids is 2. The lowest BCUT2D eigenvalue weighted by Gasteiger charge is -2.32. The Labute approximate surface area is 145 Å². The Morgan fingerprint density at radius 1 is 1.29 bits per heavy atom. The van der Waals surface area contributed by atoms with Gasteiger partial charge < -0.3 is 4.74 Å². The molecule has 24 heavy (non-hydrogen) atoms. The van der Waals surface area contributed by atoms with E-state index in [2.05, 4.69) is 4.99 Å². The number of ether oxygens (including phenoxy) is 1. The van der Waals surface area contributed by atoms with Crippen LogP contribution in [-0.2, 0) is 14.3 Å². The van der Waals surface area contributed by atoms with Crippen molar-refractivity contribution in [3.05, 3.63) is 46.7 Å². The monoisotopic (exact) mass is 344 g/mol. The van der Waals surface area contributed by atoms with Crippen molar-refractivity contribution in [2.45, 2.75) is 38.5 Å². The van der Waals surface area contributed by atoms with Crippen molar-refractivity contribution in [1.82, 2.24) is 4.90 Å². The third kappa shape index (κ3) is 2.65. The molecule has 0 unspecified atom stereocenters. The van der Waals surface area contributed by atoms with Gasteiger partial charge in [0.15, 0.2) is 5.17 Å². The van der Waals surface area contributed by atoms with Crippen molar-refractivity contribution in [3.63, 3.8) is 0 Å². The number of amides is 1. The Balaban J connectivity index is 2.15. The van der Waals surface area contributed by atoms with Crippen LogP contribution in [0.5, 0.6) is 0 Å². The van der Waals surface area contributed by atoms with Crippen LogP contribution in [0.1, 0.15) is 37.4 Å². The molecule has 0 bridgehead atoms. The Morgan fingerprint density at radius 3 is 2.54 bits per heavy atom. The highest BCUT2D eigenvalue weighted by molar-refractivity contribution is 8.15. The SMILES string of the molecule is CC[C@H]1SC2=NC(C)=C(C(=O)OC)[C@H](c3ccc(C)cc3)N2C1=O. The number of allylic oxidation sites excluding steroid dienone is 1. The number of methoxy groups -OCH3 is 1. The van der Waals surface area contributed by atoms with Crippen molar-refractivity contribution in [2.24, 2.45) is 4.99 Å². The molecule has 6 heteroatoms. The third-order valence-corrected chi connectivity index (χ3v) is 5.64. The van der Waals surface area contributed by atoms with E-state index in [-0.39, 0.29) is 11.2 Å². The second kappa shape index (κ2) is 6.43. The molecule has 3 rings (SSSR count). The maximum Gasteiger partial charge on any atom is 0.338 e. The lowest BCUT2D eigenvalue weighted by Crippen LogP contribution is -2.40. The fraction of sp³-hybridized carbons (Fsp3) is 0.389. The predicted molar refractivity (Wildman–Crippen MR) is 94.6 cm³/mol. The summed E-state index contributed by atoms with van der Waals surface area (Å²) in [5.41, 5.74) is 3.04. The largest absolute Gasteiger partial charge is 0.466 e. The van der Waals surface area contributed by atoms with Crippen LogP contribution in [0.2, 0.25) is 0 Å². The standard InChI is InChI=1S/C18H20N2O3S/c1-5-13-16(21)20-15(12-8-6-10(2)7-9-12)14(17(22)23-4)11(3)19-18(20)24-13/h6-9,13,15H,5H2,1-4H3/t13-,15+/m1/s1. The Morgan fingerprint density at radius 2 is 1.96 bits per heavy atom. The number of aryl methyl sites for hydroxylation is 1. The zero-order valence-electron chi connectivity index (χ0n) is 14.2. The summed E-state index contributed by atoms with van der Waals surface area (Å²) >= 11 is 1.47. The Kier molecular flexibility index (Phi) is 4.49. The molecule has 1 aromatic carbocycles. The van der Waals surface area contributed by atoms with Crippen LogP contribution in [0.3, 0.4) is 0 Å². The molecule has 0 aromatic heterocycles. The molecule has 0 N–H and O–H groups in total. The topological polar surface area (TPSA) is 59.0 Å². The van der Waals surface area contributed by atoms with Gasteiger partial charge in [-0.25, -0.2) is 9.79 Å². The number of hydrogen-bond donors (Lipinski definition) is 0. The first-order valence-corrected chi connectivity index (χ1v) is 8.80. The molecule has 2 aliphatic rings. The highest BCUT2D eigenvalue weighted by atomic mass is 32.2. The number of rotatable bonds is 3. The van der Waals surface area contributed by atoms with Gasteiger partial charge in [-0.15, -0.1) is 0 Å². The van der Waals surface area contributed by atoms with Crippen molar-refractivity contribution in [2.75, 3.05) is 7.11 Å². The molecule has 5 nitrogen and oxygen atoms in total. The predicted octanol–water partition coefficient (Wildman–Crippen LogP) is 3.21. The summed E-state index contributed by atoms with van der Waals surface area (Å²) in [6.07, 6.45) is 0.728. The summed E-state index contributed by atoms with van der Waals surface area (Å²) in [5.74, 6) is -0.445. The number of fused-ring (bicyclic) bond motifs is 1. The molecule has 1 fully saturated rings. The van der Waals surface area contributed by atoms with E-state index in [1.54, 1.807) is 11.8 Å². The summed E-state index contributed by atoms with van der Waals surface area (Å²) in [6, 6.07) is 7.39. The summed E-state index contributed by atoms with van der Waals surface area (Å²) in [7, 11) is 1.35. The number of esters is 1. The number of nitrogens with zero attached hydrogens (tertiary/aromatic N) is 2. The van der Waals surface area contributed by atoms with Gasteiger partial charge in [0.05, 0.1) is 29.7 Å². The van der Waals surface area contributed by atoms with E-state index in [9.17, 15) is 9.59 Å². The first-order valence-electron chi connectivity index (χ1n) is 7.92. The minimum absolute atomic E-state index is 0.000674. The highest BCUT2D eigenvalue weighted by Gasteiger charge is 2.46. The molecule has 1 amide bonds. The molecule has 0 aliphatic carbocycles. The minimum Gasteiger partial charge on any atom is -0.466 e. The highest BCUT2D eigenvalue weighted by Crippen LogP contribution is 2.43. The van der Waals surface area contributed by atoms with Gasteiger partial charge in [0, 0.05) is 0 Å². The van der Waals surface area contributed by atoms with Crippen LogP contribution < -0.4 is 0 Å². The third-order valence-electron chi connectivity index (χ3n) is 4.32. The molecular weight excluding hydrogens is 324 g/mol. The Bertz CT molecular complexity index is 752. The molecule has 1 aromatic rings. The van der Waals surface area contributed by atoms with E-state index in [1.807, 2.05) is 38.1 Å². The van der Waals surface area contributed by atoms with Gasteiger partial charge in [0.25, 0.3) is 0 Å². The van der Waals surface area contributed by atoms with Crippen molar-refractivity contribution in [3.8, 4) is 0 Å². The average molecular weight is 344 g/mol. The van der Waals surface area contributed by atoms with Gasteiger partial charge in [0.2, 0.25) is 5.91 Å². The van der Waals surface area contributed by atoms with Crippen molar-refractivity contribution >= 4 is 28.8 Å². The lowest BCUT2D eigenvalue weighted by atomic mass is 9.93. The minimum atomic E-state index is -0.484. The van der Waals surface area contributed by atoms with E-state index >= 15 is 0 Å². The zero-order valence-corrected chi connectivity index (χ0v) is 15.0. The number of hydrogen-bond acceptors (Lipinski definition) is 5. The van der Waals surface area contributed by atoms with Crippen LogP contribution in [0.4, 0.5) is 0 Å². The maximum absolute atomic E-state index is 12.8. The van der Waals surface area contributed by atoms with E-state index in [0.29, 0.717) is 16.4 Å². The summed E-state index contributed by atoms with van der Waals surface area (Å²) in [5, 5.41) is 0.518. The normalized spacial score (nSPS) is 23.2. The van der Waals surface area contributed by atoms with Crippen LogP contribution in [0, 0.1) is 6.92 Å². The molecule has 1 saturated heterocycles. The lowest BCUT2D eigenvalue weighted by molar-refractivity contribution is -0.137. The first-order chi connectivity index (χ1) is 11.5. The van der Waals surface area contributed by atoms with Crippen LogP contribution in [-0.4, -0.2) is 34.3 Å². The summed E-state index contributed by atoms with van der Waals surface area (Å²) < 4.78 is 4.96. The molecule has 2 atom stereocenters. The summed E-state index contributed by atoms with van der Waals surface area (Å²) in [4.78, 5) is 31.4. The molecule has 2 heterocycles. The van der Waals surface area contributed by atoms with Gasteiger partial charge in [0.1, 0.15) is 0 Å². The molecule has 126 valence electrons. The molecule has 0 radical (unpaired) electrons. The van der Waals surface area contributed by atoms with Gasteiger partial charge in [-0.3, -0.25) is 9.69 Å². The van der Waals surface area contributed by atoms with Gasteiger partial charge in [-0.1, -0.05) is 48.5 Å². The van der Waals surface area contributed by atoms with Crippen LogP contribution >= 0.6 is 11.8 Å². The first kappa shape index (κ1) is 16.8. The maximum atomic E-state index is 12.8. The van der Waals surface area contributed by atoms with E-state index in [0.717, 1.165) is 17.5 Å². The number of amidine groups is 1. The molecule has 0 saturated carbocycles. The van der Waals surface area contributed by atoms with Crippen molar-refractivity contribution in [1.29, 1.82) is 0 Å². The zero-order chi connectivity index (χ0) is 17.4.